The molecular weight excluding hydrogens is 320 g/mol. The number of hydrogen-bond donors (Lipinski definition) is 2. The molecule has 0 atom stereocenters. The molecule has 0 fully saturated rings. The Morgan fingerprint density at radius 1 is 0.857 bits per heavy atom. The van der Waals surface area contributed by atoms with Crippen LogP contribution < -0.4 is 4.74 Å². The van der Waals surface area contributed by atoms with Crippen LogP contribution >= 0.6 is 0 Å². The van der Waals surface area contributed by atoms with Gasteiger partial charge in [0.15, 0.2) is 16.4 Å². The first-order valence-corrected chi connectivity index (χ1v) is 8.47. The summed E-state index contributed by atoms with van der Waals surface area (Å²) in [6.07, 6.45) is 0. The fourth-order valence-electron chi connectivity index (χ4n) is 2.08. The Bertz CT molecular complexity index is 945. The van der Waals surface area contributed by atoms with E-state index in [-0.39, 0.29) is 17.1 Å². The van der Waals surface area contributed by atoms with Crippen LogP contribution in [0.15, 0.2) is 46.2 Å². The van der Waals surface area contributed by atoms with Crippen LogP contribution in [0.5, 0.6) is 11.5 Å². The lowest BCUT2D eigenvalue weighted by Gasteiger charge is -2.08. The second-order valence-electron chi connectivity index (χ2n) is 4.33. The Hall–Kier alpha value is -1.94. The minimum atomic E-state index is -4.90. The Morgan fingerprint density at radius 2 is 1.43 bits per heavy atom. The molecule has 21 heavy (non-hydrogen) atoms. The fraction of sp³-hybridized carbons (Fsp3) is 0. The molecule has 0 radical (unpaired) electrons. The molecule has 0 aliphatic carbocycles. The van der Waals surface area contributed by atoms with Crippen molar-refractivity contribution < 1.29 is 30.7 Å². The summed E-state index contributed by atoms with van der Waals surface area (Å²) in [7, 11) is -9.79. The van der Waals surface area contributed by atoms with Crippen LogP contribution in [-0.2, 0) is 20.2 Å². The smallest absolute Gasteiger partial charge is 0.299 e. The highest BCUT2D eigenvalue weighted by Crippen LogP contribution is 2.55. The molecule has 3 rings (SSSR count). The average molecular weight is 328 g/mol. The minimum absolute atomic E-state index is 0.0676. The van der Waals surface area contributed by atoms with Gasteiger partial charge in [-0.05, 0) is 11.6 Å². The SMILES string of the molecule is O=S(=O)(O)c1c(-c2ccccc2)cc2c(c1S(=O)(=O)O)O2. The summed E-state index contributed by atoms with van der Waals surface area (Å²) in [6, 6.07) is 9.28. The van der Waals surface area contributed by atoms with Gasteiger partial charge >= 0.3 is 0 Å². The number of benzene rings is 2. The second-order valence-corrected chi connectivity index (χ2v) is 7.04. The zero-order valence-corrected chi connectivity index (χ0v) is 11.8. The molecule has 0 saturated carbocycles. The van der Waals surface area contributed by atoms with Gasteiger partial charge in [0.25, 0.3) is 20.2 Å². The molecule has 1 heterocycles. The molecule has 2 aromatic rings. The standard InChI is InChI=1S/C12H8O7S2/c13-20(14,15)11-8(7-4-2-1-3-5-7)6-9-10(19-9)12(11)21(16,17)18/h1-6H,(H,13,14,15)(H,16,17,18). The summed E-state index contributed by atoms with van der Waals surface area (Å²) in [5, 5.41) is 0. The van der Waals surface area contributed by atoms with E-state index in [9.17, 15) is 25.9 Å². The first-order chi connectivity index (χ1) is 9.69. The normalized spacial score (nSPS) is 13.4. The molecule has 2 aromatic carbocycles. The van der Waals surface area contributed by atoms with Crippen LogP contribution in [0.25, 0.3) is 11.1 Å². The summed E-state index contributed by atoms with van der Waals surface area (Å²) >= 11 is 0. The number of fused-ring (bicyclic) bond motifs is 1. The van der Waals surface area contributed by atoms with E-state index in [1.807, 2.05) is 0 Å². The highest BCUT2D eigenvalue weighted by molar-refractivity contribution is 7.89. The van der Waals surface area contributed by atoms with Crippen molar-refractivity contribution in [1.29, 1.82) is 0 Å². The molecule has 7 nitrogen and oxygen atoms in total. The lowest BCUT2D eigenvalue weighted by Crippen LogP contribution is -2.09. The Labute approximate surface area is 120 Å². The van der Waals surface area contributed by atoms with Crippen molar-refractivity contribution in [2.45, 2.75) is 9.79 Å². The van der Waals surface area contributed by atoms with Crippen molar-refractivity contribution >= 4 is 20.2 Å². The third-order valence-corrected chi connectivity index (χ3v) is 4.90. The first kappa shape index (κ1) is 14.0. The van der Waals surface area contributed by atoms with Crippen molar-refractivity contribution in [2.24, 2.45) is 0 Å². The van der Waals surface area contributed by atoms with Crippen LogP contribution in [-0.4, -0.2) is 25.9 Å². The van der Waals surface area contributed by atoms with Crippen molar-refractivity contribution in [3.63, 3.8) is 0 Å². The monoisotopic (exact) mass is 328 g/mol. The molecule has 9 heteroatoms. The first-order valence-electron chi connectivity index (χ1n) is 5.59. The maximum atomic E-state index is 11.6. The predicted octanol–water partition coefficient (Wildman–Crippen LogP) is 1.95. The zero-order chi connectivity index (χ0) is 15.4. The molecule has 1 aliphatic rings. The van der Waals surface area contributed by atoms with Gasteiger partial charge in [0.1, 0.15) is 4.90 Å². The summed E-state index contributed by atoms with van der Waals surface area (Å²) in [5.74, 6) is -0.140. The molecular formula is C12H8O7S2. The van der Waals surface area contributed by atoms with E-state index in [0.29, 0.717) is 5.56 Å². The second kappa shape index (κ2) is 4.28. The van der Waals surface area contributed by atoms with Gasteiger partial charge in [-0.25, -0.2) is 0 Å². The van der Waals surface area contributed by atoms with Gasteiger partial charge in [-0.1, -0.05) is 30.3 Å². The molecule has 110 valence electrons. The Morgan fingerprint density at radius 3 is 1.95 bits per heavy atom. The van der Waals surface area contributed by atoms with E-state index in [2.05, 4.69) is 0 Å². The largest absolute Gasteiger partial charge is 0.448 e. The van der Waals surface area contributed by atoms with Crippen LogP contribution in [0.4, 0.5) is 0 Å². The van der Waals surface area contributed by atoms with Gasteiger partial charge in [-0.15, -0.1) is 0 Å². The summed E-state index contributed by atoms with van der Waals surface area (Å²) < 4.78 is 69.5. The number of hydrogen-bond acceptors (Lipinski definition) is 5. The van der Waals surface area contributed by atoms with Crippen molar-refractivity contribution in [1.82, 2.24) is 0 Å². The van der Waals surface area contributed by atoms with E-state index in [4.69, 9.17) is 4.74 Å². The third kappa shape index (κ3) is 2.40. The van der Waals surface area contributed by atoms with Crippen molar-refractivity contribution in [3.8, 4) is 22.6 Å². The van der Waals surface area contributed by atoms with Crippen molar-refractivity contribution in [2.75, 3.05) is 0 Å². The average Bonchev–Trinajstić information content (AvgIpc) is 3.14. The van der Waals surface area contributed by atoms with E-state index >= 15 is 0 Å². The van der Waals surface area contributed by atoms with Gasteiger partial charge in [0, 0.05) is 5.56 Å². The highest BCUT2D eigenvalue weighted by Gasteiger charge is 2.40. The van der Waals surface area contributed by atoms with Crippen LogP contribution in [0.2, 0.25) is 0 Å². The minimum Gasteiger partial charge on any atom is -0.448 e. The molecule has 0 unspecified atom stereocenters. The van der Waals surface area contributed by atoms with Gasteiger partial charge in [-0.3, -0.25) is 9.11 Å². The topological polar surface area (TPSA) is 121 Å². The predicted molar refractivity (Wildman–Crippen MR) is 71.6 cm³/mol. The van der Waals surface area contributed by atoms with Crippen LogP contribution in [0.3, 0.4) is 0 Å². The van der Waals surface area contributed by atoms with Gasteiger partial charge in [-0.2, -0.15) is 16.8 Å². The maximum Gasteiger partial charge on any atom is 0.299 e. The molecule has 0 spiro atoms. The molecule has 0 saturated heterocycles. The highest BCUT2D eigenvalue weighted by atomic mass is 32.2. The zero-order valence-electron chi connectivity index (χ0n) is 10.2. The van der Waals surface area contributed by atoms with Crippen molar-refractivity contribution in [3.05, 3.63) is 36.4 Å². The lowest BCUT2D eigenvalue weighted by atomic mass is 10.1. The molecule has 0 bridgehead atoms. The molecule has 0 amide bonds. The fourth-order valence-corrected chi connectivity index (χ4v) is 4.22. The summed E-state index contributed by atoms with van der Waals surface area (Å²) in [6.45, 7) is 0. The van der Waals surface area contributed by atoms with E-state index in [1.165, 1.54) is 18.2 Å². The summed E-state index contributed by atoms with van der Waals surface area (Å²) in [4.78, 5) is -1.84. The number of ether oxygens (including phenoxy) is 1. The molecule has 0 aromatic heterocycles. The van der Waals surface area contributed by atoms with E-state index in [1.54, 1.807) is 18.2 Å². The lowest BCUT2D eigenvalue weighted by molar-refractivity contribution is 0.465. The van der Waals surface area contributed by atoms with Crippen LogP contribution in [0.1, 0.15) is 0 Å². The molecule has 2 N–H and O–H groups in total. The molecule has 1 aliphatic heterocycles. The van der Waals surface area contributed by atoms with E-state index < -0.39 is 30.0 Å². The third-order valence-electron chi connectivity index (χ3n) is 2.93. The Kier molecular flexibility index (Phi) is 2.85. The maximum absolute atomic E-state index is 11.6. The number of rotatable bonds is 3. The van der Waals surface area contributed by atoms with E-state index in [0.717, 1.165) is 0 Å². The van der Waals surface area contributed by atoms with Gasteiger partial charge < -0.3 is 4.74 Å². The Balaban J connectivity index is 2.47. The van der Waals surface area contributed by atoms with Gasteiger partial charge in [0.05, 0.1) is 0 Å². The van der Waals surface area contributed by atoms with Crippen LogP contribution in [0, 0.1) is 0 Å². The van der Waals surface area contributed by atoms with Gasteiger partial charge in [0.2, 0.25) is 0 Å². The summed E-state index contributed by atoms with van der Waals surface area (Å²) in [5.41, 5.74) is 0.287. The quantitative estimate of drug-likeness (QED) is 0.556.